The lowest BCUT2D eigenvalue weighted by Crippen LogP contribution is -2.15. The largest absolute Gasteiger partial charge is 0.0851 e. The lowest BCUT2D eigenvalue weighted by Gasteiger charge is -2.27. The first-order valence-corrected chi connectivity index (χ1v) is 27.7. The van der Waals surface area contributed by atoms with E-state index < -0.39 is 0 Å². The second-order valence-corrected chi connectivity index (χ2v) is 23.4. The van der Waals surface area contributed by atoms with E-state index in [0.717, 1.165) is 71.0 Å². The Labute approximate surface area is 387 Å². The Kier molecular flexibility index (Phi) is 32.6. The lowest BCUT2D eigenvalue weighted by molar-refractivity contribution is 0.336. The van der Waals surface area contributed by atoms with Gasteiger partial charge in [0.15, 0.2) is 0 Å². The second-order valence-electron chi connectivity index (χ2n) is 23.4. The summed E-state index contributed by atoms with van der Waals surface area (Å²) in [5.74, 6) is 10.1. The topological polar surface area (TPSA) is 0 Å². The maximum absolute atomic E-state index is 2.54. The van der Waals surface area contributed by atoms with Crippen molar-refractivity contribution in [2.24, 2.45) is 71.0 Å². The van der Waals surface area contributed by atoms with E-state index in [9.17, 15) is 0 Å². The van der Waals surface area contributed by atoms with Crippen LogP contribution in [0.25, 0.3) is 0 Å². The van der Waals surface area contributed by atoms with Gasteiger partial charge in [-0.3, -0.25) is 0 Å². The summed E-state index contributed by atoms with van der Waals surface area (Å²) < 4.78 is 0. The predicted molar refractivity (Wildman–Crippen MR) is 280 cm³/mol. The van der Waals surface area contributed by atoms with Gasteiger partial charge in [0.2, 0.25) is 0 Å². The maximum atomic E-state index is 2.54. The van der Waals surface area contributed by atoms with Gasteiger partial charge in [-0.1, -0.05) is 254 Å². The summed E-state index contributed by atoms with van der Waals surface area (Å²) >= 11 is 0. The minimum absolute atomic E-state index is 0.770. The van der Waals surface area contributed by atoms with E-state index in [1.54, 1.807) is 22.3 Å². The van der Waals surface area contributed by atoms with Crippen LogP contribution in [0.2, 0.25) is 0 Å². The molecule has 0 heterocycles. The lowest BCUT2D eigenvalue weighted by atomic mass is 9.78. The molecule has 61 heavy (non-hydrogen) atoms. The molecule has 0 saturated heterocycles. The van der Waals surface area contributed by atoms with Gasteiger partial charge in [0, 0.05) is 0 Å². The second kappa shape index (κ2) is 34.3. The van der Waals surface area contributed by atoms with Crippen LogP contribution in [0, 0.1) is 71.0 Å². The molecule has 4 atom stereocenters. The van der Waals surface area contributed by atoms with Crippen molar-refractivity contribution in [3.63, 3.8) is 0 Å². The van der Waals surface area contributed by atoms with Gasteiger partial charge in [-0.15, -0.1) is 0 Å². The zero-order valence-electron chi connectivity index (χ0n) is 44.9. The summed E-state index contributed by atoms with van der Waals surface area (Å²) in [4.78, 5) is 0. The fourth-order valence-corrected chi connectivity index (χ4v) is 9.73. The molecule has 4 unspecified atom stereocenters. The van der Waals surface area contributed by atoms with E-state index in [4.69, 9.17) is 0 Å². The zero-order chi connectivity index (χ0) is 45.7. The molecular weight excluding hydrogens is 733 g/mol. The molecular formula is C61H114. The molecule has 0 N–H and O–H groups in total. The number of allylic oxidation sites excluding steroid dienone is 8. The molecule has 0 radical (unpaired) electrons. The first-order valence-electron chi connectivity index (χ1n) is 27.7. The molecule has 0 spiro atoms. The molecule has 0 aromatic heterocycles. The van der Waals surface area contributed by atoms with Crippen LogP contribution in [0.4, 0.5) is 0 Å². The Bertz CT molecular complexity index is 1140. The Balaban J connectivity index is 0.000000365. The predicted octanol–water partition coefficient (Wildman–Crippen LogP) is 21.2. The quantitative estimate of drug-likeness (QED) is 0.214. The number of hydrogen-bond donors (Lipinski definition) is 0. The van der Waals surface area contributed by atoms with Crippen LogP contribution in [0.1, 0.15) is 271 Å². The monoisotopic (exact) mass is 847 g/mol. The van der Waals surface area contributed by atoms with Crippen LogP contribution in [0.3, 0.4) is 0 Å². The van der Waals surface area contributed by atoms with E-state index >= 15 is 0 Å². The average molecular weight is 848 g/mol. The summed E-state index contributed by atoms with van der Waals surface area (Å²) in [5, 5.41) is 0. The van der Waals surface area contributed by atoms with E-state index in [0.29, 0.717) is 0 Å². The van der Waals surface area contributed by atoms with Crippen molar-refractivity contribution in [3.05, 3.63) is 46.6 Å². The standard InChI is InChI=1S/2C12H22.2C11H20.C6H12.C5H10.C4H8/c2*1-9(2)11-6-5-7-12(8-11)10(3)4;2*1-8(2)10-5-6-11(7-10)9(3)4;1-2-4-6-5-3-1;1-2-4-5-3-1;1-2-4-3-1/h8-11H,5-7H2,1-4H3;6,9-10,12H,5,7-8H2,1-4H3;7-10H,5-6H2,1-4H3;5,8-9,11H,6-7H2,1-4H3;1-6H2;1-5H2;1-4H2. The first-order chi connectivity index (χ1) is 28.9. The maximum Gasteiger partial charge on any atom is -0.0205 e. The fraction of sp³-hybridized carbons (Fsp3) is 0.869. The van der Waals surface area contributed by atoms with Gasteiger partial charge < -0.3 is 0 Å². The summed E-state index contributed by atoms with van der Waals surface area (Å²) in [6, 6.07) is 0. The molecule has 0 aromatic rings. The highest BCUT2D eigenvalue weighted by molar-refractivity contribution is 5.14. The highest BCUT2D eigenvalue weighted by Crippen LogP contribution is 2.36. The molecule has 0 aromatic carbocycles. The zero-order valence-corrected chi connectivity index (χ0v) is 44.9. The van der Waals surface area contributed by atoms with Gasteiger partial charge >= 0.3 is 0 Å². The summed E-state index contributed by atoms with van der Waals surface area (Å²) in [6.07, 6.45) is 46.1. The van der Waals surface area contributed by atoms with Crippen LogP contribution < -0.4 is 0 Å². The third kappa shape index (κ3) is 27.1. The van der Waals surface area contributed by atoms with Crippen molar-refractivity contribution < 1.29 is 0 Å². The van der Waals surface area contributed by atoms with Crippen molar-refractivity contribution in [2.45, 2.75) is 271 Å². The van der Waals surface area contributed by atoms with E-state index in [1.165, 1.54) is 161 Å². The molecule has 3 saturated carbocycles. The number of hydrogen-bond acceptors (Lipinski definition) is 0. The van der Waals surface area contributed by atoms with Gasteiger partial charge in [-0.2, -0.15) is 0 Å². The SMILES string of the molecule is C1CCC1.C1CCCC1.C1CCCCC1.CC(C)C1=CC(C(C)C)CC1.CC(C)C1=CC(C(C)C)CCC1.CC(C)C1=CCC(C(C)C)C1.CC(C)C1=CCCC(C(C)C)C1. The Morgan fingerprint density at radius 2 is 0.672 bits per heavy atom. The minimum Gasteiger partial charge on any atom is -0.0851 e. The molecule has 0 heteroatoms. The molecule has 0 amide bonds. The summed E-state index contributed by atoms with van der Waals surface area (Å²) in [7, 11) is 0. The smallest absolute Gasteiger partial charge is 0.0205 e. The van der Waals surface area contributed by atoms with Gasteiger partial charge in [0.1, 0.15) is 0 Å². The Morgan fingerprint density at radius 1 is 0.328 bits per heavy atom. The van der Waals surface area contributed by atoms with E-state index in [1.807, 2.05) is 0 Å². The molecule has 358 valence electrons. The normalized spacial score (nSPS) is 24.7. The van der Waals surface area contributed by atoms with Crippen molar-refractivity contribution in [3.8, 4) is 0 Å². The van der Waals surface area contributed by atoms with Gasteiger partial charge in [-0.25, -0.2) is 0 Å². The van der Waals surface area contributed by atoms with Gasteiger partial charge in [0.25, 0.3) is 0 Å². The van der Waals surface area contributed by atoms with Crippen molar-refractivity contribution in [2.75, 3.05) is 0 Å². The molecule has 7 rings (SSSR count). The van der Waals surface area contributed by atoms with Gasteiger partial charge in [-0.05, 0) is 135 Å². The van der Waals surface area contributed by atoms with Crippen molar-refractivity contribution >= 4 is 0 Å². The molecule has 7 aliphatic rings. The van der Waals surface area contributed by atoms with Crippen LogP contribution in [-0.4, -0.2) is 0 Å². The molecule has 7 aliphatic carbocycles. The highest BCUT2D eigenvalue weighted by Gasteiger charge is 2.22. The minimum atomic E-state index is 0.770. The van der Waals surface area contributed by atoms with Crippen LogP contribution in [0.15, 0.2) is 46.6 Å². The fourth-order valence-electron chi connectivity index (χ4n) is 9.73. The highest BCUT2D eigenvalue weighted by atomic mass is 14.3. The number of rotatable bonds is 8. The van der Waals surface area contributed by atoms with Gasteiger partial charge in [0.05, 0.1) is 0 Å². The van der Waals surface area contributed by atoms with E-state index in [2.05, 4.69) is 135 Å². The summed E-state index contributed by atoms with van der Waals surface area (Å²) in [6.45, 7) is 37.2. The van der Waals surface area contributed by atoms with Crippen molar-refractivity contribution in [1.29, 1.82) is 0 Å². The Hall–Kier alpha value is -1.04. The van der Waals surface area contributed by atoms with Crippen LogP contribution >= 0.6 is 0 Å². The average Bonchev–Trinajstić information content (AvgIpc) is 4.04. The molecule has 0 aliphatic heterocycles. The third-order valence-corrected chi connectivity index (χ3v) is 15.6. The first kappa shape index (κ1) is 58.0. The molecule has 0 nitrogen and oxygen atoms in total. The Morgan fingerprint density at radius 3 is 0.967 bits per heavy atom. The van der Waals surface area contributed by atoms with Crippen LogP contribution in [0.5, 0.6) is 0 Å². The molecule has 3 fully saturated rings. The summed E-state index contributed by atoms with van der Waals surface area (Å²) in [5.41, 5.74) is 6.76. The molecule has 0 bridgehead atoms. The van der Waals surface area contributed by atoms with Crippen LogP contribution in [-0.2, 0) is 0 Å². The van der Waals surface area contributed by atoms with E-state index in [-0.39, 0.29) is 0 Å². The third-order valence-electron chi connectivity index (χ3n) is 15.6. The van der Waals surface area contributed by atoms with Crippen molar-refractivity contribution in [1.82, 2.24) is 0 Å².